The first-order valence-corrected chi connectivity index (χ1v) is 5.84. The molecular weight excluding hydrogens is 230 g/mol. The molecule has 1 unspecified atom stereocenters. The van der Waals surface area contributed by atoms with Crippen molar-refractivity contribution in [1.82, 2.24) is 5.32 Å². The standard InChI is InChI=1S/C13H19N3O2/c1-8(2)9(3)15-13(17)11-6-4-10(5-7-11)12(14)16-18/h4-9,18H,1-3H3,(H2,14,16)(H,15,17). The van der Waals surface area contributed by atoms with E-state index in [2.05, 4.69) is 10.5 Å². The quantitative estimate of drug-likeness (QED) is 0.327. The Bertz CT molecular complexity index is 438. The summed E-state index contributed by atoms with van der Waals surface area (Å²) in [5.41, 5.74) is 6.57. The van der Waals surface area contributed by atoms with E-state index in [1.54, 1.807) is 24.3 Å². The second kappa shape index (κ2) is 6.05. The summed E-state index contributed by atoms with van der Waals surface area (Å²) in [6.07, 6.45) is 0. The Morgan fingerprint density at radius 3 is 2.17 bits per heavy atom. The molecule has 5 nitrogen and oxygen atoms in total. The second-order valence-electron chi connectivity index (χ2n) is 4.57. The molecular formula is C13H19N3O2. The van der Waals surface area contributed by atoms with E-state index in [1.807, 2.05) is 20.8 Å². The molecule has 0 heterocycles. The van der Waals surface area contributed by atoms with Crippen molar-refractivity contribution < 1.29 is 10.0 Å². The molecule has 0 radical (unpaired) electrons. The van der Waals surface area contributed by atoms with Crippen LogP contribution in [0.25, 0.3) is 0 Å². The number of hydrogen-bond acceptors (Lipinski definition) is 3. The zero-order chi connectivity index (χ0) is 13.7. The van der Waals surface area contributed by atoms with Crippen LogP contribution in [-0.2, 0) is 0 Å². The van der Waals surface area contributed by atoms with E-state index in [0.717, 1.165) is 0 Å². The fourth-order valence-electron chi connectivity index (χ4n) is 1.31. The van der Waals surface area contributed by atoms with Crippen molar-refractivity contribution in [3.63, 3.8) is 0 Å². The van der Waals surface area contributed by atoms with Crippen LogP contribution in [0.1, 0.15) is 36.7 Å². The molecule has 1 aromatic carbocycles. The van der Waals surface area contributed by atoms with Gasteiger partial charge in [0.25, 0.3) is 5.91 Å². The summed E-state index contributed by atoms with van der Waals surface area (Å²) in [4.78, 5) is 11.9. The molecule has 1 amide bonds. The molecule has 0 fully saturated rings. The first kappa shape index (κ1) is 14.0. The molecule has 0 aliphatic heterocycles. The van der Waals surface area contributed by atoms with E-state index in [9.17, 15) is 4.79 Å². The van der Waals surface area contributed by atoms with Crippen LogP contribution in [0.5, 0.6) is 0 Å². The Morgan fingerprint density at radius 2 is 1.72 bits per heavy atom. The van der Waals surface area contributed by atoms with Crippen LogP contribution in [0.3, 0.4) is 0 Å². The third kappa shape index (κ3) is 3.48. The lowest BCUT2D eigenvalue weighted by Gasteiger charge is -2.17. The smallest absolute Gasteiger partial charge is 0.251 e. The molecule has 1 atom stereocenters. The normalized spacial score (nSPS) is 13.4. The summed E-state index contributed by atoms with van der Waals surface area (Å²) in [7, 11) is 0. The Kier molecular flexibility index (Phi) is 4.71. The van der Waals surface area contributed by atoms with Gasteiger partial charge in [-0.2, -0.15) is 0 Å². The van der Waals surface area contributed by atoms with Gasteiger partial charge < -0.3 is 16.3 Å². The van der Waals surface area contributed by atoms with Crippen molar-refractivity contribution in [3.8, 4) is 0 Å². The van der Waals surface area contributed by atoms with E-state index >= 15 is 0 Å². The summed E-state index contributed by atoms with van der Waals surface area (Å²) in [5, 5.41) is 14.3. The first-order chi connectivity index (χ1) is 8.45. The number of amidine groups is 1. The van der Waals surface area contributed by atoms with Crippen molar-refractivity contribution in [2.75, 3.05) is 0 Å². The van der Waals surface area contributed by atoms with Crippen molar-refractivity contribution in [1.29, 1.82) is 0 Å². The van der Waals surface area contributed by atoms with Gasteiger partial charge in [-0.25, -0.2) is 0 Å². The number of carbonyl (C=O) groups excluding carboxylic acids is 1. The fraction of sp³-hybridized carbons (Fsp3) is 0.385. The summed E-state index contributed by atoms with van der Waals surface area (Å²) < 4.78 is 0. The number of oxime groups is 1. The highest BCUT2D eigenvalue weighted by molar-refractivity contribution is 5.99. The minimum Gasteiger partial charge on any atom is -0.409 e. The van der Waals surface area contributed by atoms with E-state index in [0.29, 0.717) is 17.0 Å². The third-order valence-corrected chi connectivity index (χ3v) is 2.91. The Hall–Kier alpha value is -2.04. The molecule has 1 rings (SSSR count). The summed E-state index contributed by atoms with van der Waals surface area (Å²) in [6, 6.07) is 6.70. The Morgan fingerprint density at radius 1 is 1.22 bits per heavy atom. The average molecular weight is 249 g/mol. The van der Waals surface area contributed by atoms with Crippen molar-refractivity contribution in [2.24, 2.45) is 16.8 Å². The number of nitrogens with one attached hydrogen (secondary N) is 1. The molecule has 0 aromatic heterocycles. The van der Waals surface area contributed by atoms with Crippen LogP contribution in [0.15, 0.2) is 29.4 Å². The fourth-order valence-corrected chi connectivity index (χ4v) is 1.31. The van der Waals surface area contributed by atoms with Crippen molar-refractivity contribution in [3.05, 3.63) is 35.4 Å². The molecule has 4 N–H and O–H groups in total. The largest absolute Gasteiger partial charge is 0.409 e. The van der Waals surface area contributed by atoms with Crippen molar-refractivity contribution >= 4 is 11.7 Å². The highest BCUT2D eigenvalue weighted by atomic mass is 16.4. The predicted octanol–water partition coefficient (Wildman–Crippen LogP) is 1.56. The molecule has 1 aromatic rings. The third-order valence-electron chi connectivity index (χ3n) is 2.91. The Balaban J connectivity index is 2.76. The topological polar surface area (TPSA) is 87.7 Å². The molecule has 0 saturated carbocycles. The molecule has 98 valence electrons. The second-order valence-corrected chi connectivity index (χ2v) is 4.57. The maximum atomic E-state index is 11.9. The maximum absolute atomic E-state index is 11.9. The van der Waals surface area contributed by atoms with Crippen LogP contribution >= 0.6 is 0 Å². The van der Waals surface area contributed by atoms with E-state index in [4.69, 9.17) is 10.9 Å². The number of nitrogens with two attached hydrogens (primary N) is 1. The number of rotatable bonds is 4. The molecule has 5 heteroatoms. The SMILES string of the molecule is CC(C)C(C)NC(=O)c1ccc(/C(N)=N/O)cc1. The van der Waals surface area contributed by atoms with Gasteiger partial charge in [0.2, 0.25) is 0 Å². The monoisotopic (exact) mass is 249 g/mol. The lowest BCUT2D eigenvalue weighted by atomic mass is 10.1. The zero-order valence-corrected chi connectivity index (χ0v) is 10.8. The number of hydrogen-bond donors (Lipinski definition) is 3. The summed E-state index contributed by atoms with van der Waals surface area (Å²) >= 11 is 0. The number of benzene rings is 1. The van der Waals surface area contributed by atoms with Gasteiger partial charge in [0.15, 0.2) is 5.84 Å². The van der Waals surface area contributed by atoms with Crippen LogP contribution in [0, 0.1) is 5.92 Å². The maximum Gasteiger partial charge on any atom is 0.251 e. The highest BCUT2D eigenvalue weighted by Crippen LogP contribution is 2.06. The number of nitrogens with zero attached hydrogens (tertiary/aromatic N) is 1. The zero-order valence-electron chi connectivity index (χ0n) is 10.8. The van der Waals surface area contributed by atoms with Gasteiger partial charge in [-0.05, 0) is 25.0 Å². The van der Waals surface area contributed by atoms with E-state index < -0.39 is 0 Å². The molecule has 0 bridgehead atoms. The highest BCUT2D eigenvalue weighted by Gasteiger charge is 2.12. The van der Waals surface area contributed by atoms with Gasteiger partial charge in [-0.3, -0.25) is 4.79 Å². The van der Waals surface area contributed by atoms with Gasteiger partial charge in [-0.15, -0.1) is 0 Å². The van der Waals surface area contributed by atoms with Gasteiger partial charge in [0.1, 0.15) is 0 Å². The summed E-state index contributed by atoms with van der Waals surface area (Å²) in [5.74, 6) is 0.283. The number of carbonyl (C=O) groups is 1. The molecule has 0 aliphatic rings. The minimum absolute atomic E-state index is 0.0255. The molecule has 0 spiro atoms. The van der Waals surface area contributed by atoms with Gasteiger partial charge in [0.05, 0.1) is 0 Å². The first-order valence-electron chi connectivity index (χ1n) is 5.84. The van der Waals surface area contributed by atoms with Gasteiger partial charge >= 0.3 is 0 Å². The number of amides is 1. The van der Waals surface area contributed by atoms with Crippen LogP contribution in [0.2, 0.25) is 0 Å². The molecule has 18 heavy (non-hydrogen) atoms. The minimum atomic E-state index is -0.123. The van der Waals surface area contributed by atoms with Crippen LogP contribution < -0.4 is 11.1 Å². The van der Waals surface area contributed by atoms with Gasteiger partial charge in [0, 0.05) is 17.2 Å². The van der Waals surface area contributed by atoms with E-state index in [-0.39, 0.29) is 17.8 Å². The molecule has 0 saturated heterocycles. The average Bonchev–Trinajstić information content (AvgIpc) is 2.37. The lowest BCUT2D eigenvalue weighted by Crippen LogP contribution is -2.36. The van der Waals surface area contributed by atoms with E-state index in [1.165, 1.54) is 0 Å². The van der Waals surface area contributed by atoms with Crippen LogP contribution in [-0.4, -0.2) is 23.0 Å². The summed E-state index contributed by atoms with van der Waals surface area (Å²) in [6.45, 7) is 6.06. The predicted molar refractivity (Wildman–Crippen MR) is 70.7 cm³/mol. The van der Waals surface area contributed by atoms with Gasteiger partial charge in [-0.1, -0.05) is 31.1 Å². The Labute approximate surface area is 107 Å². The van der Waals surface area contributed by atoms with Crippen molar-refractivity contribution in [2.45, 2.75) is 26.8 Å². The molecule has 0 aliphatic carbocycles. The lowest BCUT2D eigenvalue weighted by molar-refractivity contribution is 0.0930. The van der Waals surface area contributed by atoms with Crippen LogP contribution in [0.4, 0.5) is 0 Å².